The van der Waals surface area contributed by atoms with Gasteiger partial charge in [0.2, 0.25) is 5.16 Å². The standard InChI is InChI=1S/C15H15N3OS3/c1-9-6-12(10(2)22-9)13(19)8-21-15-16-14(17-18-15)7-11-4-3-5-20-11/h3-6H,7-8H2,1-2H3,(H,16,17,18). The van der Waals surface area contributed by atoms with E-state index in [1.54, 1.807) is 22.7 Å². The van der Waals surface area contributed by atoms with Gasteiger partial charge in [0, 0.05) is 26.6 Å². The summed E-state index contributed by atoms with van der Waals surface area (Å²) in [5.41, 5.74) is 0.823. The van der Waals surface area contributed by atoms with Crippen LogP contribution < -0.4 is 0 Å². The van der Waals surface area contributed by atoms with Gasteiger partial charge in [-0.3, -0.25) is 9.89 Å². The van der Waals surface area contributed by atoms with E-state index >= 15 is 0 Å². The van der Waals surface area contributed by atoms with Crippen molar-refractivity contribution >= 4 is 40.2 Å². The first-order valence-electron chi connectivity index (χ1n) is 6.78. The number of thioether (sulfide) groups is 1. The molecule has 3 aromatic heterocycles. The average Bonchev–Trinajstić information content (AvgIpc) is 3.19. The molecule has 3 heterocycles. The Labute approximate surface area is 141 Å². The second-order valence-corrected chi connectivity index (χ2v) is 8.29. The smallest absolute Gasteiger partial charge is 0.208 e. The summed E-state index contributed by atoms with van der Waals surface area (Å²) >= 11 is 4.74. The van der Waals surface area contributed by atoms with Gasteiger partial charge >= 0.3 is 0 Å². The number of carbonyl (C=O) groups is 1. The molecular formula is C15H15N3OS3. The van der Waals surface area contributed by atoms with Crippen molar-refractivity contribution in [2.45, 2.75) is 25.4 Å². The van der Waals surface area contributed by atoms with E-state index in [9.17, 15) is 4.79 Å². The van der Waals surface area contributed by atoms with Crippen molar-refractivity contribution in [1.82, 2.24) is 15.2 Å². The van der Waals surface area contributed by atoms with Crippen molar-refractivity contribution < 1.29 is 4.79 Å². The van der Waals surface area contributed by atoms with E-state index in [4.69, 9.17) is 0 Å². The maximum atomic E-state index is 12.2. The highest BCUT2D eigenvalue weighted by Crippen LogP contribution is 2.23. The van der Waals surface area contributed by atoms with Crippen LogP contribution in [0.1, 0.15) is 30.8 Å². The Balaban J connectivity index is 1.59. The number of hydrogen-bond acceptors (Lipinski definition) is 6. The molecule has 0 saturated heterocycles. The van der Waals surface area contributed by atoms with Crippen LogP contribution in [0.5, 0.6) is 0 Å². The SMILES string of the molecule is Cc1cc(C(=O)CSc2n[nH]c(Cc3cccs3)n2)c(C)s1. The number of ketones is 1. The quantitative estimate of drug-likeness (QED) is 0.537. The maximum Gasteiger partial charge on any atom is 0.208 e. The number of thiophene rings is 2. The fourth-order valence-electron chi connectivity index (χ4n) is 2.12. The van der Waals surface area contributed by atoms with Crippen LogP contribution in [0.4, 0.5) is 0 Å². The van der Waals surface area contributed by atoms with Crippen LogP contribution in [0.15, 0.2) is 28.7 Å². The van der Waals surface area contributed by atoms with Gasteiger partial charge in [0.1, 0.15) is 5.82 Å². The topological polar surface area (TPSA) is 58.6 Å². The van der Waals surface area contributed by atoms with Gasteiger partial charge in [-0.15, -0.1) is 27.8 Å². The van der Waals surface area contributed by atoms with E-state index in [0.29, 0.717) is 10.9 Å². The summed E-state index contributed by atoms with van der Waals surface area (Å²) in [7, 11) is 0. The summed E-state index contributed by atoms with van der Waals surface area (Å²) in [4.78, 5) is 20.2. The fourth-order valence-corrected chi connectivity index (χ4v) is 4.47. The average molecular weight is 350 g/mol. The molecule has 0 aliphatic rings. The van der Waals surface area contributed by atoms with E-state index in [0.717, 1.165) is 22.7 Å². The monoisotopic (exact) mass is 349 g/mol. The number of hydrogen-bond donors (Lipinski definition) is 1. The van der Waals surface area contributed by atoms with Crippen LogP contribution in [0.3, 0.4) is 0 Å². The lowest BCUT2D eigenvalue weighted by molar-refractivity contribution is 0.102. The minimum Gasteiger partial charge on any atom is -0.293 e. The van der Waals surface area contributed by atoms with E-state index in [1.807, 2.05) is 31.4 Å². The lowest BCUT2D eigenvalue weighted by atomic mass is 10.2. The summed E-state index contributed by atoms with van der Waals surface area (Å²) in [6, 6.07) is 6.06. The number of nitrogens with one attached hydrogen (secondary N) is 1. The van der Waals surface area contributed by atoms with Gasteiger partial charge in [-0.2, -0.15) is 0 Å². The van der Waals surface area contributed by atoms with Gasteiger partial charge in [-0.05, 0) is 31.4 Å². The first-order valence-corrected chi connectivity index (χ1v) is 9.46. The Morgan fingerprint density at radius 1 is 1.41 bits per heavy atom. The zero-order valence-electron chi connectivity index (χ0n) is 12.3. The molecular weight excluding hydrogens is 334 g/mol. The second kappa shape index (κ2) is 6.76. The molecule has 0 radical (unpaired) electrons. The predicted octanol–water partition coefficient (Wildman–Crippen LogP) is 4.11. The molecule has 0 bridgehead atoms. The van der Waals surface area contributed by atoms with Crippen LogP contribution >= 0.6 is 34.4 Å². The highest BCUT2D eigenvalue weighted by molar-refractivity contribution is 7.99. The first kappa shape index (κ1) is 15.5. The maximum absolute atomic E-state index is 12.2. The van der Waals surface area contributed by atoms with E-state index in [-0.39, 0.29) is 5.78 Å². The van der Waals surface area contributed by atoms with Crippen molar-refractivity contribution in [3.8, 4) is 0 Å². The minimum atomic E-state index is 0.136. The zero-order valence-corrected chi connectivity index (χ0v) is 14.7. The van der Waals surface area contributed by atoms with Crippen LogP contribution in [-0.4, -0.2) is 26.7 Å². The van der Waals surface area contributed by atoms with Crippen LogP contribution in [0, 0.1) is 13.8 Å². The normalized spacial score (nSPS) is 11.0. The summed E-state index contributed by atoms with van der Waals surface area (Å²) in [6.45, 7) is 4.01. The highest BCUT2D eigenvalue weighted by Gasteiger charge is 2.14. The molecule has 1 N–H and O–H groups in total. The van der Waals surface area contributed by atoms with Crippen molar-refractivity contribution in [1.29, 1.82) is 0 Å². The Kier molecular flexibility index (Phi) is 4.75. The van der Waals surface area contributed by atoms with Crippen LogP contribution in [0.2, 0.25) is 0 Å². The molecule has 0 spiro atoms. The number of aryl methyl sites for hydroxylation is 2. The summed E-state index contributed by atoms with van der Waals surface area (Å²) in [6.07, 6.45) is 0.752. The molecule has 0 saturated carbocycles. The minimum absolute atomic E-state index is 0.136. The van der Waals surface area contributed by atoms with Crippen molar-refractivity contribution in [3.63, 3.8) is 0 Å². The number of Topliss-reactive ketones (excluding diaryl/α,β-unsaturated/α-hetero) is 1. The molecule has 0 aliphatic heterocycles. The fraction of sp³-hybridized carbons (Fsp3) is 0.267. The molecule has 0 aromatic carbocycles. The van der Waals surface area contributed by atoms with Gasteiger partial charge in [-0.1, -0.05) is 17.8 Å². The molecule has 0 atom stereocenters. The largest absolute Gasteiger partial charge is 0.293 e. The third-order valence-electron chi connectivity index (χ3n) is 3.11. The van der Waals surface area contributed by atoms with E-state index in [2.05, 4.69) is 21.2 Å². The van der Waals surface area contributed by atoms with Crippen LogP contribution in [0.25, 0.3) is 0 Å². The number of nitrogens with zero attached hydrogens (tertiary/aromatic N) is 2. The molecule has 0 unspecified atom stereocenters. The van der Waals surface area contributed by atoms with Gasteiger partial charge in [0.25, 0.3) is 0 Å². The number of aromatic nitrogens is 3. The summed E-state index contributed by atoms with van der Waals surface area (Å²) in [5, 5.41) is 9.79. The van der Waals surface area contributed by atoms with Gasteiger partial charge in [0.05, 0.1) is 5.75 Å². The number of H-pyrrole nitrogens is 1. The molecule has 114 valence electrons. The zero-order chi connectivity index (χ0) is 15.5. The van der Waals surface area contributed by atoms with Crippen molar-refractivity contribution in [2.24, 2.45) is 0 Å². The van der Waals surface area contributed by atoms with E-state index in [1.165, 1.54) is 21.5 Å². The molecule has 7 heteroatoms. The second-order valence-electron chi connectivity index (χ2n) is 4.86. The first-order chi connectivity index (χ1) is 10.6. The lowest BCUT2D eigenvalue weighted by Gasteiger charge is -1.97. The molecule has 3 rings (SSSR count). The number of aromatic amines is 1. The van der Waals surface area contributed by atoms with Crippen molar-refractivity contribution in [2.75, 3.05) is 5.75 Å². The molecule has 3 aromatic rings. The third-order valence-corrected chi connectivity index (χ3v) is 5.80. The predicted molar refractivity (Wildman–Crippen MR) is 92.4 cm³/mol. The van der Waals surface area contributed by atoms with E-state index < -0.39 is 0 Å². The summed E-state index contributed by atoms with van der Waals surface area (Å²) < 4.78 is 0. The van der Waals surface area contributed by atoms with Gasteiger partial charge < -0.3 is 0 Å². The van der Waals surface area contributed by atoms with Crippen LogP contribution in [-0.2, 0) is 6.42 Å². The molecule has 0 fully saturated rings. The molecule has 4 nitrogen and oxygen atoms in total. The Hall–Kier alpha value is -1.44. The van der Waals surface area contributed by atoms with Gasteiger partial charge in [-0.25, -0.2) is 4.98 Å². The third kappa shape index (κ3) is 3.66. The highest BCUT2D eigenvalue weighted by atomic mass is 32.2. The number of carbonyl (C=O) groups excluding carboxylic acids is 1. The Morgan fingerprint density at radius 3 is 2.95 bits per heavy atom. The Morgan fingerprint density at radius 2 is 2.27 bits per heavy atom. The number of rotatable bonds is 6. The van der Waals surface area contributed by atoms with Gasteiger partial charge in [0.15, 0.2) is 5.78 Å². The lowest BCUT2D eigenvalue weighted by Crippen LogP contribution is -2.02. The summed E-state index contributed by atoms with van der Waals surface area (Å²) in [5.74, 6) is 1.34. The molecule has 0 aliphatic carbocycles. The Bertz CT molecular complexity index is 774. The van der Waals surface area contributed by atoms with Crippen molar-refractivity contribution in [3.05, 3.63) is 49.6 Å². The molecule has 0 amide bonds. The molecule has 22 heavy (non-hydrogen) atoms.